The molecule has 0 spiro atoms. The van der Waals surface area contributed by atoms with Gasteiger partial charge >= 0.3 is 17.9 Å². The van der Waals surface area contributed by atoms with Crippen molar-refractivity contribution in [3.8, 4) is 0 Å². The minimum atomic E-state index is -0.766. The first-order chi connectivity index (χ1) is 31.0. The highest BCUT2D eigenvalue weighted by Gasteiger charge is 2.19. The summed E-state index contributed by atoms with van der Waals surface area (Å²) in [7, 11) is 0. The van der Waals surface area contributed by atoms with Gasteiger partial charge in [-0.15, -0.1) is 0 Å². The number of rotatable bonds is 52. The fraction of sp³-hybridized carbons (Fsp3) is 0.912. The van der Waals surface area contributed by atoms with Crippen LogP contribution in [-0.4, -0.2) is 37.2 Å². The van der Waals surface area contributed by atoms with E-state index in [1.165, 1.54) is 205 Å². The minimum Gasteiger partial charge on any atom is -0.462 e. The average Bonchev–Trinajstić information content (AvgIpc) is 3.28. The summed E-state index contributed by atoms with van der Waals surface area (Å²) < 4.78 is 16.8. The van der Waals surface area contributed by atoms with Crippen molar-refractivity contribution in [2.24, 2.45) is 0 Å². The molecule has 0 fully saturated rings. The van der Waals surface area contributed by atoms with Crippen molar-refractivity contribution in [1.82, 2.24) is 0 Å². The van der Waals surface area contributed by atoms with E-state index in [2.05, 4.69) is 32.9 Å². The van der Waals surface area contributed by atoms with Gasteiger partial charge in [0.15, 0.2) is 6.10 Å². The standard InChI is InChI=1S/C57H108O6/c1-4-7-10-13-16-19-22-24-25-26-27-28-29-30-31-32-34-35-38-41-44-47-50-56(59)62-53-54(52-61-55(58)49-46-43-40-37-21-18-15-12-9-6-3)63-57(60)51-48-45-42-39-36-33-23-20-17-14-11-8-5-2/h12,15,54H,4-11,13-14,16-53H2,1-3H3/b15-12-. The summed E-state index contributed by atoms with van der Waals surface area (Å²) in [6.07, 6.45) is 59.3. The number of hydrogen-bond donors (Lipinski definition) is 0. The average molecular weight is 889 g/mol. The lowest BCUT2D eigenvalue weighted by Gasteiger charge is -2.18. The smallest absolute Gasteiger partial charge is 0.306 e. The molecular formula is C57H108O6. The lowest BCUT2D eigenvalue weighted by atomic mass is 10.0. The fourth-order valence-electron chi connectivity index (χ4n) is 8.51. The van der Waals surface area contributed by atoms with Crippen LogP contribution in [0.5, 0.6) is 0 Å². The van der Waals surface area contributed by atoms with Crippen molar-refractivity contribution in [1.29, 1.82) is 0 Å². The van der Waals surface area contributed by atoms with Gasteiger partial charge in [0.2, 0.25) is 0 Å². The molecule has 0 N–H and O–H groups in total. The van der Waals surface area contributed by atoms with Crippen LogP contribution in [0.2, 0.25) is 0 Å². The maximum atomic E-state index is 12.8. The largest absolute Gasteiger partial charge is 0.462 e. The predicted octanol–water partition coefficient (Wildman–Crippen LogP) is 18.5. The molecule has 0 amide bonds. The van der Waals surface area contributed by atoms with Crippen molar-refractivity contribution >= 4 is 17.9 Å². The van der Waals surface area contributed by atoms with Gasteiger partial charge in [-0.2, -0.15) is 0 Å². The number of ether oxygens (including phenoxy) is 3. The van der Waals surface area contributed by atoms with Crippen molar-refractivity contribution in [2.75, 3.05) is 13.2 Å². The van der Waals surface area contributed by atoms with E-state index in [1.807, 2.05) is 0 Å². The molecule has 6 heteroatoms. The maximum absolute atomic E-state index is 12.8. The number of hydrogen-bond acceptors (Lipinski definition) is 6. The molecule has 1 unspecified atom stereocenters. The predicted molar refractivity (Wildman–Crippen MR) is 270 cm³/mol. The van der Waals surface area contributed by atoms with E-state index in [-0.39, 0.29) is 31.1 Å². The number of unbranched alkanes of at least 4 members (excludes halogenated alkanes) is 39. The third-order valence-electron chi connectivity index (χ3n) is 12.8. The quantitative estimate of drug-likeness (QED) is 0.0262. The molecule has 0 aromatic heterocycles. The van der Waals surface area contributed by atoms with Crippen LogP contribution < -0.4 is 0 Å². The molecule has 1 atom stereocenters. The number of carbonyl (C=O) groups excluding carboxylic acids is 3. The number of carbonyl (C=O) groups is 3. The molecule has 0 aliphatic carbocycles. The first-order valence-corrected chi connectivity index (χ1v) is 28.2. The van der Waals surface area contributed by atoms with E-state index in [0.717, 1.165) is 70.6 Å². The molecule has 0 aliphatic heterocycles. The second kappa shape index (κ2) is 52.8. The molecule has 0 rings (SSSR count). The molecule has 0 aromatic rings. The lowest BCUT2D eigenvalue weighted by Crippen LogP contribution is -2.30. The van der Waals surface area contributed by atoms with Gasteiger partial charge in [0.25, 0.3) is 0 Å². The highest BCUT2D eigenvalue weighted by atomic mass is 16.6. The summed E-state index contributed by atoms with van der Waals surface area (Å²) in [6, 6.07) is 0. The second-order valence-electron chi connectivity index (χ2n) is 19.2. The highest BCUT2D eigenvalue weighted by Crippen LogP contribution is 2.17. The summed E-state index contributed by atoms with van der Waals surface area (Å²) >= 11 is 0. The molecule has 0 saturated carbocycles. The number of allylic oxidation sites excluding steroid dienone is 2. The summed E-state index contributed by atoms with van der Waals surface area (Å²) in [5, 5.41) is 0. The SMILES string of the molecule is CCC/C=C\CCCCCCCC(=O)OCC(COC(=O)CCCCCCCCCCCCCCCCCCCCCCCC)OC(=O)CCCCCCCCCCCCCCC. The molecule has 0 radical (unpaired) electrons. The fourth-order valence-corrected chi connectivity index (χ4v) is 8.51. The molecular weight excluding hydrogens is 781 g/mol. The van der Waals surface area contributed by atoms with Crippen LogP contribution in [0.4, 0.5) is 0 Å². The summed E-state index contributed by atoms with van der Waals surface area (Å²) in [5.41, 5.74) is 0. The van der Waals surface area contributed by atoms with Gasteiger partial charge in [-0.3, -0.25) is 14.4 Å². The Morgan fingerprint density at radius 1 is 0.302 bits per heavy atom. The maximum Gasteiger partial charge on any atom is 0.306 e. The highest BCUT2D eigenvalue weighted by molar-refractivity contribution is 5.71. The van der Waals surface area contributed by atoms with Crippen molar-refractivity contribution < 1.29 is 28.6 Å². The summed E-state index contributed by atoms with van der Waals surface area (Å²) in [5.74, 6) is -0.858. The summed E-state index contributed by atoms with van der Waals surface area (Å²) in [4.78, 5) is 38.0. The van der Waals surface area contributed by atoms with E-state index >= 15 is 0 Å². The van der Waals surface area contributed by atoms with Crippen molar-refractivity contribution in [3.05, 3.63) is 12.2 Å². The van der Waals surface area contributed by atoms with Crippen LogP contribution in [0.15, 0.2) is 12.2 Å². The third-order valence-corrected chi connectivity index (χ3v) is 12.8. The Labute approximate surface area is 392 Å². The van der Waals surface area contributed by atoms with Crippen LogP contribution in [0.1, 0.15) is 316 Å². The van der Waals surface area contributed by atoms with E-state index in [9.17, 15) is 14.4 Å². The Kier molecular flexibility index (Phi) is 51.2. The first kappa shape index (κ1) is 61.1. The van der Waals surface area contributed by atoms with E-state index < -0.39 is 6.10 Å². The molecule has 0 aliphatic rings. The zero-order chi connectivity index (χ0) is 45.8. The third kappa shape index (κ3) is 51.0. The minimum absolute atomic E-state index is 0.0670. The summed E-state index contributed by atoms with van der Waals surface area (Å²) in [6.45, 7) is 6.62. The number of esters is 3. The van der Waals surface area contributed by atoms with Crippen LogP contribution in [-0.2, 0) is 28.6 Å². The van der Waals surface area contributed by atoms with Gasteiger partial charge in [-0.25, -0.2) is 0 Å². The zero-order valence-electron chi connectivity index (χ0n) is 42.6. The Morgan fingerprint density at radius 2 is 0.556 bits per heavy atom. The van der Waals surface area contributed by atoms with Crippen LogP contribution in [0, 0.1) is 0 Å². The van der Waals surface area contributed by atoms with Gasteiger partial charge in [0.1, 0.15) is 13.2 Å². The Morgan fingerprint density at radius 3 is 0.857 bits per heavy atom. The Bertz CT molecular complexity index is 978. The van der Waals surface area contributed by atoms with Crippen LogP contribution in [0.25, 0.3) is 0 Å². The van der Waals surface area contributed by atoms with Gasteiger partial charge in [0, 0.05) is 19.3 Å². The van der Waals surface area contributed by atoms with Gasteiger partial charge < -0.3 is 14.2 Å². The zero-order valence-corrected chi connectivity index (χ0v) is 42.6. The van der Waals surface area contributed by atoms with Crippen LogP contribution in [0.3, 0.4) is 0 Å². The molecule has 63 heavy (non-hydrogen) atoms. The molecule has 0 bridgehead atoms. The molecule has 0 heterocycles. The van der Waals surface area contributed by atoms with Crippen molar-refractivity contribution in [2.45, 2.75) is 322 Å². The van der Waals surface area contributed by atoms with E-state index in [4.69, 9.17) is 14.2 Å². The Balaban J connectivity index is 4.18. The molecule has 372 valence electrons. The van der Waals surface area contributed by atoms with E-state index in [1.54, 1.807) is 0 Å². The molecule has 0 saturated heterocycles. The monoisotopic (exact) mass is 889 g/mol. The van der Waals surface area contributed by atoms with Gasteiger partial charge in [-0.05, 0) is 38.5 Å². The van der Waals surface area contributed by atoms with Gasteiger partial charge in [0.05, 0.1) is 0 Å². The molecule has 0 aromatic carbocycles. The van der Waals surface area contributed by atoms with Crippen molar-refractivity contribution in [3.63, 3.8) is 0 Å². The topological polar surface area (TPSA) is 78.9 Å². The van der Waals surface area contributed by atoms with Gasteiger partial charge in [-0.1, -0.05) is 270 Å². The normalized spacial score (nSPS) is 12.0. The second-order valence-corrected chi connectivity index (χ2v) is 19.2. The Hall–Kier alpha value is -1.85. The van der Waals surface area contributed by atoms with E-state index in [0.29, 0.717) is 19.3 Å². The molecule has 6 nitrogen and oxygen atoms in total. The lowest BCUT2D eigenvalue weighted by molar-refractivity contribution is -0.167. The first-order valence-electron chi connectivity index (χ1n) is 28.2. The van der Waals surface area contributed by atoms with Crippen LogP contribution >= 0.6 is 0 Å².